The second kappa shape index (κ2) is 10.3. The van der Waals surface area contributed by atoms with E-state index in [2.05, 4.69) is 25.2 Å². The second-order valence-corrected chi connectivity index (χ2v) is 12.1. The van der Waals surface area contributed by atoms with E-state index in [1.807, 2.05) is 13.8 Å². The van der Waals surface area contributed by atoms with E-state index in [0.29, 0.717) is 30.6 Å². The zero-order valence-electron chi connectivity index (χ0n) is 22.4. The Balaban J connectivity index is 1.54. The highest BCUT2D eigenvalue weighted by Crippen LogP contribution is 2.65. The molecule has 3 saturated carbocycles. The van der Waals surface area contributed by atoms with E-state index in [4.69, 9.17) is 9.47 Å². The van der Waals surface area contributed by atoms with Crippen LogP contribution in [0.4, 0.5) is 0 Å². The van der Waals surface area contributed by atoms with Gasteiger partial charge in [-0.3, -0.25) is 14.4 Å². The summed E-state index contributed by atoms with van der Waals surface area (Å²) in [5.41, 5.74) is 1.54. The minimum absolute atomic E-state index is 0.0109. The number of esters is 2. The molecule has 0 aromatic carbocycles. The summed E-state index contributed by atoms with van der Waals surface area (Å²) < 4.78 is 11.8. The van der Waals surface area contributed by atoms with Crippen molar-refractivity contribution >= 4 is 17.8 Å². The molecule has 6 heteroatoms. The Bertz CT molecular complexity index is 867. The molecule has 4 aliphatic rings. The number of fused-ring (bicyclic) bond motifs is 5. The van der Waals surface area contributed by atoms with Crippen LogP contribution in [0.25, 0.3) is 0 Å². The second-order valence-electron chi connectivity index (χ2n) is 12.1. The Morgan fingerprint density at radius 3 is 2.34 bits per heavy atom. The third kappa shape index (κ3) is 4.91. The zero-order valence-corrected chi connectivity index (χ0v) is 22.4. The number of hydrogen-bond acceptors (Lipinski definition) is 5. The first-order valence-corrected chi connectivity index (χ1v) is 14.0. The van der Waals surface area contributed by atoms with Crippen LogP contribution in [-0.2, 0) is 23.9 Å². The smallest absolute Gasteiger partial charge is 0.306 e. The van der Waals surface area contributed by atoms with Crippen molar-refractivity contribution < 1.29 is 23.9 Å². The van der Waals surface area contributed by atoms with Gasteiger partial charge in [0.1, 0.15) is 12.2 Å². The molecule has 0 aromatic heterocycles. The maximum atomic E-state index is 12.4. The first kappa shape index (κ1) is 26.2. The van der Waals surface area contributed by atoms with E-state index in [0.717, 1.165) is 57.8 Å². The summed E-state index contributed by atoms with van der Waals surface area (Å²) in [6.07, 6.45) is 11.6. The van der Waals surface area contributed by atoms with Gasteiger partial charge in [0.05, 0.1) is 6.04 Å². The fraction of sp³-hybridized carbons (Fsp3) is 0.828. The van der Waals surface area contributed by atoms with Gasteiger partial charge in [0.25, 0.3) is 0 Å². The molecule has 4 aliphatic carbocycles. The molecule has 0 saturated heterocycles. The molecule has 0 bridgehead atoms. The van der Waals surface area contributed by atoms with Crippen LogP contribution in [0.5, 0.6) is 0 Å². The minimum Gasteiger partial charge on any atom is -0.462 e. The molecule has 1 N–H and O–H groups in total. The Kier molecular flexibility index (Phi) is 7.68. The summed E-state index contributed by atoms with van der Waals surface area (Å²) >= 11 is 0. The van der Waals surface area contributed by atoms with Crippen molar-refractivity contribution in [3.63, 3.8) is 0 Å². The molecule has 0 aliphatic heterocycles. The maximum Gasteiger partial charge on any atom is 0.306 e. The number of carbonyl (C=O) groups excluding carboxylic acids is 3. The highest BCUT2D eigenvalue weighted by molar-refractivity contribution is 5.74. The predicted molar refractivity (Wildman–Crippen MR) is 134 cm³/mol. The number of rotatable bonds is 7. The van der Waals surface area contributed by atoms with Gasteiger partial charge >= 0.3 is 11.9 Å². The number of ether oxygens (including phenoxy) is 2. The molecule has 0 heterocycles. The van der Waals surface area contributed by atoms with E-state index >= 15 is 0 Å². The fourth-order valence-corrected chi connectivity index (χ4v) is 8.19. The van der Waals surface area contributed by atoms with Crippen LogP contribution in [0.15, 0.2) is 11.6 Å². The normalized spacial score (nSPS) is 40.0. The minimum atomic E-state index is -0.251. The quantitative estimate of drug-likeness (QED) is 0.379. The van der Waals surface area contributed by atoms with E-state index < -0.39 is 0 Å². The maximum absolute atomic E-state index is 12.4. The van der Waals surface area contributed by atoms with Gasteiger partial charge in [0.2, 0.25) is 5.91 Å². The van der Waals surface area contributed by atoms with Crippen molar-refractivity contribution in [2.45, 2.75) is 123 Å². The Morgan fingerprint density at radius 1 is 1.00 bits per heavy atom. The van der Waals surface area contributed by atoms with Gasteiger partial charge in [-0.25, -0.2) is 0 Å². The summed E-state index contributed by atoms with van der Waals surface area (Å²) in [5.74, 6) is 1.24. The average Bonchev–Trinajstić information content (AvgIpc) is 3.05. The van der Waals surface area contributed by atoms with Crippen LogP contribution in [-0.4, -0.2) is 36.1 Å². The Hall–Kier alpha value is -1.85. The molecule has 0 spiro atoms. The molecule has 8 atom stereocenters. The lowest BCUT2D eigenvalue weighted by Crippen LogP contribution is -2.55. The van der Waals surface area contributed by atoms with Crippen molar-refractivity contribution in [2.24, 2.45) is 28.6 Å². The van der Waals surface area contributed by atoms with Crippen molar-refractivity contribution in [3.05, 3.63) is 11.6 Å². The largest absolute Gasteiger partial charge is 0.462 e. The van der Waals surface area contributed by atoms with Gasteiger partial charge in [-0.1, -0.05) is 39.3 Å². The molecule has 196 valence electrons. The van der Waals surface area contributed by atoms with Crippen molar-refractivity contribution in [3.8, 4) is 0 Å². The number of nitrogens with one attached hydrogen (secondary N) is 1. The van der Waals surface area contributed by atoms with E-state index in [1.165, 1.54) is 5.57 Å². The number of carbonyl (C=O) groups is 3. The van der Waals surface area contributed by atoms with Crippen LogP contribution >= 0.6 is 0 Å². The highest BCUT2D eigenvalue weighted by Gasteiger charge is 2.62. The van der Waals surface area contributed by atoms with E-state index in [1.54, 1.807) is 6.92 Å². The summed E-state index contributed by atoms with van der Waals surface area (Å²) in [6, 6.07) is -0.126. The van der Waals surface area contributed by atoms with Gasteiger partial charge in [0, 0.05) is 26.2 Å². The molecular weight excluding hydrogens is 442 g/mol. The molecule has 0 unspecified atom stereocenters. The third-order valence-electron chi connectivity index (χ3n) is 9.91. The lowest BCUT2D eigenvalue weighted by atomic mass is 9.48. The van der Waals surface area contributed by atoms with Gasteiger partial charge in [-0.2, -0.15) is 0 Å². The summed E-state index contributed by atoms with van der Waals surface area (Å²) in [6.45, 7) is 10.3. The zero-order chi connectivity index (χ0) is 25.4. The molecule has 0 radical (unpaired) electrons. The van der Waals surface area contributed by atoms with Crippen molar-refractivity contribution in [1.82, 2.24) is 5.32 Å². The summed E-state index contributed by atoms with van der Waals surface area (Å²) in [7, 11) is 0. The molecule has 0 aromatic rings. The lowest BCUT2D eigenvalue weighted by molar-refractivity contribution is -0.152. The average molecular weight is 488 g/mol. The van der Waals surface area contributed by atoms with Crippen LogP contribution in [0.3, 0.4) is 0 Å². The van der Waals surface area contributed by atoms with Gasteiger partial charge in [0.15, 0.2) is 0 Å². The van der Waals surface area contributed by atoms with Crippen molar-refractivity contribution in [2.75, 3.05) is 0 Å². The fourth-order valence-electron chi connectivity index (χ4n) is 8.19. The van der Waals surface area contributed by atoms with Crippen LogP contribution in [0.1, 0.15) is 105 Å². The summed E-state index contributed by atoms with van der Waals surface area (Å²) in [4.78, 5) is 36.7. The molecule has 4 rings (SSSR count). The summed E-state index contributed by atoms with van der Waals surface area (Å²) in [5, 5.41) is 3.19. The van der Waals surface area contributed by atoms with Crippen LogP contribution in [0, 0.1) is 28.6 Å². The van der Waals surface area contributed by atoms with Crippen LogP contribution in [0.2, 0.25) is 0 Å². The highest BCUT2D eigenvalue weighted by atomic mass is 16.5. The third-order valence-corrected chi connectivity index (χ3v) is 9.91. The first-order chi connectivity index (χ1) is 16.6. The standard InChI is InChI=1S/C29H45NO5/c1-6-8-25(32)34-20-12-14-28(4)19(16-20)10-11-21-22(28)13-15-29(5)23(21)17-24(27(29)30-18(3)31)35-26(33)9-7-2/h10,20-24,27H,6-9,11-17H2,1-5H3,(H,30,31)/t20-,21-,22+,23+,24+,27-,28-,29-/m0/s1. The lowest BCUT2D eigenvalue weighted by Gasteiger charge is -2.57. The molecule has 6 nitrogen and oxygen atoms in total. The van der Waals surface area contributed by atoms with E-state index in [-0.39, 0.29) is 46.9 Å². The predicted octanol–water partition coefficient (Wildman–Crippen LogP) is 5.49. The van der Waals surface area contributed by atoms with Gasteiger partial charge in [-0.15, -0.1) is 0 Å². The van der Waals surface area contributed by atoms with Crippen molar-refractivity contribution in [1.29, 1.82) is 0 Å². The Morgan fingerprint density at radius 2 is 1.69 bits per heavy atom. The molecule has 3 fully saturated rings. The number of allylic oxidation sites excluding steroid dienone is 1. The number of amides is 1. The SMILES string of the molecule is CCCC(=O)O[C@H]1CC[C@@]2(C)C(=CC[C@@H]3[C@H]4C[C@@H](OC(=O)CCC)[C@H](NC(C)=O)[C@@]4(C)CC[C@H]32)C1. The molecule has 1 amide bonds. The van der Waals surface area contributed by atoms with Gasteiger partial charge < -0.3 is 14.8 Å². The number of hydrogen-bond donors (Lipinski definition) is 1. The van der Waals surface area contributed by atoms with Gasteiger partial charge in [-0.05, 0) is 80.0 Å². The molecular formula is C29H45NO5. The van der Waals surface area contributed by atoms with E-state index in [9.17, 15) is 14.4 Å². The van der Waals surface area contributed by atoms with Crippen LogP contribution < -0.4 is 5.32 Å². The topological polar surface area (TPSA) is 81.7 Å². The monoisotopic (exact) mass is 487 g/mol. The first-order valence-electron chi connectivity index (χ1n) is 14.0. The Labute approximate surface area is 211 Å². The molecule has 35 heavy (non-hydrogen) atoms.